The van der Waals surface area contributed by atoms with Crippen LogP contribution in [0, 0.1) is 7.43 Å². The van der Waals surface area contributed by atoms with Crippen LogP contribution in [0.25, 0.3) is 0 Å². The van der Waals surface area contributed by atoms with E-state index in [1.54, 1.807) is 0 Å². The van der Waals surface area contributed by atoms with Gasteiger partial charge in [-0.05, 0) is 0 Å². The average Bonchev–Trinajstić information content (AvgIpc) is 2.14. The van der Waals surface area contributed by atoms with Gasteiger partial charge in [-0.1, -0.05) is 0 Å². The van der Waals surface area contributed by atoms with Crippen LogP contribution in [0.5, 0.6) is 0 Å². The largest absolute Gasteiger partial charge is 0.358 e. The molecular weight excluding hydrogens is 155 g/mol. The van der Waals surface area contributed by atoms with Crippen molar-refractivity contribution in [3.05, 3.63) is 25.6 Å². The zero-order valence-corrected chi connectivity index (χ0v) is 6.43. The molecule has 0 aliphatic heterocycles. The second kappa shape index (κ2) is 5.60. The number of aromatic nitrogens is 2. The van der Waals surface area contributed by atoms with Gasteiger partial charge in [0.25, 0.3) is 0 Å². The van der Waals surface area contributed by atoms with E-state index in [0.717, 1.165) is 0 Å². The van der Waals surface area contributed by atoms with Crippen molar-refractivity contribution in [3.8, 4) is 0 Å². The number of aromatic amines is 1. The SMILES string of the molecule is O=Cc1cnc[nH]1.[CH3-].[V]. The average molecular weight is 162 g/mol. The number of hydrogen-bond acceptors (Lipinski definition) is 2. The summed E-state index contributed by atoms with van der Waals surface area (Å²) in [5.74, 6) is 0. The summed E-state index contributed by atoms with van der Waals surface area (Å²) in [5.41, 5.74) is 0.514. The number of hydrogen-bond donors (Lipinski definition) is 1. The minimum atomic E-state index is 0. The Morgan fingerprint density at radius 1 is 1.67 bits per heavy atom. The van der Waals surface area contributed by atoms with Crippen LogP contribution in [0.15, 0.2) is 12.5 Å². The Balaban J connectivity index is 0. The minimum absolute atomic E-state index is 0. The standard InChI is InChI=1S/C4H4N2O.CH3.V/c7-2-4-1-5-3-6-4;;/h1-3H,(H,5,6);1H3;/q;-1;. The number of H-pyrrole nitrogens is 1. The zero-order valence-electron chi connectivity index (χ0n) is 5.03. The van der Waals surface area contributed by atoms with E-state index in [1.807, 2.05) is 0 Å². The second-order valence-corrected chi connectivity index (χ2v) is 1.12. The number of carbonyl (C=O) groups excluding carboxylic acids is 1. The molecule has 49 valence electrons. The van der Waals surface area contributed by atoms with Crippen LogP contribution in [0.4, 0.5) is 0 Å². The molecule has 0 spiro atoms. The summed E-state index contributed by atoms with van der Waals surface area (Å²) in [7, 11) is 0. The number of carbonyl (C=O) groups is 1. The van der Waals surface area contributed by atoms with Gasteiger partial charge in [-0.2, -0.15) is 0 Å². The quantitative estimate of drug-likeness (QED) is 0.487. The molecule has 0 saturated carbocycles. The molecule has 3 nitrogen and oxygen atoms in total. The molecule has 0 aliphatic rings. The van der Waals surface area contributed by atoms with Gasteiger partial charge in [-0.15, -0.1) is 0 Å². The van der Waals surface area contributed by atoms with Crippen LogP contribution in [0.3, 0.4) is 0 Å². The predicted molar refractivity (Wildman–Crippen MR) is 30.4 cm³/mol. The maximum atomic E-state index is 9.80. The van der Waals surface area contributed by atoms with Gasteiger partial charge in [-0.25, -0.2) is 4.98 Å². The van der Waals surface area contributed by atoms with Crippen LogP contribution in [0.2, 0.25) is 0 Å². The van der Waals surface area contributed by atoms with Crippen molar-refractivity contribution in [1.29, 1.82) is 0 Å². The third-order valence-corrected chi connectivity index (χ3v) is 0.646. The topological polar surface area (TPSA) is 45.8 Å². The number of aldehydes is 1. The first-order chi connectivity index (χ1) is 3.43. The summed E-state index contributed by atoms with van der Waals surface area (Å²) in [4.78, 5) is 16.0. The molecule has 9 heavy (non-hydrogen) atoms. The van der Waals surface area contributed by atoms with E-state index >= 15 is 0 Å². The Morgan fingerprint density at radius 2 is 2.33 bits per heavy atom. The maximum Gasteiger partial charge on any atom is 0.167 e. The van der Waals surface area contributed by atoms with Crippen molar-refractivity contribution < 1.29 is 23.4 Å². The van der Waals surface area contributed by atoms with Gasteiger partial charge < -0.3 is 12.4 Å². The van der Waals surface area contributed by atoms with Gasteiger partial charge in [-0.3, -0.25) is 4.79 Å². The molecule has 1 heterocycles. The van der Waals surface area contributed by atoms with Gasteiger partial charge in [0.1, 0.15) is 0 Å². The van der Waals surface area contributed by atoms with E-state index in [-0.39, 0.29) is 26.0 Å². The summed E-state index contributed by atoms with van der Waals surface area (Å²) < 4.78 is 0. The van der Waals surface area contributed by atoms with Crippen molar-refractivity contribution in [3.63, 3.8) is 0 Å². The summed E-state index contributed by atoms with van der Waals surface area (Å²) >= 11 is 0. The monoisotopic (exact) mass is 162 g/mol. The molecule has 0 saturated heterocycles. The van der Waals surface area contributed by atoms with Crippen molar-refractivity contribution >= 4 is 6.29 Å². The van der Waals surface area contributed by atoms with E-state index in [4.69, 9.17) is 0 Å². The Morgan fingerprint density at radius 3 is 2.56 bits per heavy atom. The fourth-order valence-corrected chi connectivity index (χ4v) is 0.331. The molecule has 1 aromatic heterocycles. The second-order valence-electron chi connectivity index (χ2n) is 1.12. The van der Waals surface area contributed by atoms with E-state index in [9.17, 15) is 4.79 Å². The fraction of sp³-hybridized carbons (Fsp3) is 0. The first-order valence-corrected chi connectivity index (χ1v) is 1.87. The summed E-state index contributed by atoms with van der Waals surface area (Å²) in [6.07, 6.45) is 3.64. The Labute approximate surface area is 65.8 Å². The van der Waals surface area contributed by atoms with Crippen molar-refractivity contribution in [2.24, 2.45) is 0 Å². The van der Waals surface area contributed by atoms with Gasteiger partial charge in [0.2, 0.25) is 0 Å². The first kappa shape index (κ1) is 11.3. The molecule has 0 amide bonds. The van der Waals surface area contributed by atoms with Gasteiger partial charge >= 0.3 is 0 Å². The Bertz CT molecular complexity index is 150. The van der Waals surface area contributed by atoms with Crippen molar-refractivity contribution in [2.75, 3.05) is 0 Å². The molecule has 0 aromatic carbocycles. The molecule has 0 aliphatic carbocycles. The summed E-state index contributed by atoms with van der Waals surface area (Å²) in [6.45, 7) is 0. The van der Waals surface area contributed by atoms with E-state index in [1.165, 1.54) is 12.5 Å². The Kier molecular flexibility index (Phi) is 7.02. The molecule has 0 atom stereocenters. The maximum absolute atomic E-state index is 9.80. The molecular formula is C5H7N2OV-. The number of rotatable bonds is 1. The molecule has 0 bridgehead atoms. The van der Waals surface area contributed by atoms with Gasteiger partial charge in [0.05, 0.1) is 18.2 Å². The molecule has 1 aromatic rings. The third kappa shape index (κ3) is 3.11. The van der Waals surface area contributed by atoms with Crippen LogP contribution in [-0.4, -0.2) is 16.3 Å². The fourth-order valence-electron chi connectivity index (χ4n) is 0.331. The zero-order chi connectivity index (χ0) is 5.11. The molecule has 1 radical (unpaired) electrons. The number of imidazole rings is 1. The van der Waals surface area contributed by atoms with E-state index in [0.29, 0.717) is 12.0 Å². The van der Waals surface area contributed by atoms with Crippen molar-refractivity contribution in [2.45, 2.75) is 0 Å². The summed E-state index contributed by atoms with van der Waals surface area (Å²) in [5, 5.41) is 0. The number of nitrogens with one attached hydrogen (secondary N) is 1. The predicted octanol–water partition coefficient (Wildman–Crippen LogP) is 0.670. The smallest absolute Gasteiger partial charge is 0.167 e. The first-order valence-electron chi connectivity index (χ1n) is 1.87. The normalized spacial score (nSPS) is 6.67. The Hall–Kier alpha value is -0.536. The molecule has 0 fully saturated rings. The van der Waals surface area contributed by atoms with E-state index < -0.39 is 0 Å². The molecule has 1 N–H and O–H groups in total. The minimum Gasteiger partial charge on any atom is -0.358 e. The van der Waals surface area contributed by atoms with Crippen LogP contribution >= 0.6 is 0 Å². The van der Waals surface area contributed by atoms with Crippen LogP contribution in [0.1, 0.15) is 10.5 Å². The van der Waals surface area contributed by atoms with Crippen LogP contribution < -0.4 is 0 Å². The summed E-state index contributed by atoms with van der Waals surface area (Å²) in [6, 6.07) is 0. The molecule has 1 rings (SSSR count). The van der Waals surface area contributed by atoms with Crippen molar-refractivity contribution in [1.82, 2.24) is 9.97 Å². The number of nitrogens with zero attached hydrogens (tertiary/aromatic N) is 1. The van der Waals surface area contributed by atoms with Gasteiger partial charge in [0, 0.05) is 18.6 Å². The third-order valence-electron chi connectivity index (χ3n) is 0.646. The molecule has 4 heteroatoms. The molecule has 0 unspecified atom stereocenters. The van der Waals surface area contributed by atoms with E-state index in [2.05, 4.69) is 9.97 Å². The van der Waals surface area contributed by atoms with Gasteiger partial charge in [0.15, 0.2) is 6.29 Å². The van der Waals surface area contributed by atoms with Crippen LogP contribution in [-0.2, 0) is 18.6 Å².